The number of rotatable bonds is 5. The number of nitrogens with one attached hydrogen (secondary N) is 1. The Morgan fingerprint density at radius 3 is 2.67 bits per heavy atom. The van der Waals surface area contributed by atoms with Crippen LogP contribution in [-0.4, -0.2) is 25.7 Å². The minimum Gasteiger partial charge on any atom is -0.492 e. The molecule has 1 N–H and O–H groups in total. The summed E-state index contributed by atoms with van der Waals surface area (Å²) in [5.41, 5.74) is 0.364. The van der Waals surface area contributed by atoms with E-state index >= 15 is 0 Å². The summed E-state index contributed by atoms with van der Waals surface area (Å²) in [5.74, 6) is 0.725. The van der Waals surface area contributed by atoms with Crippen molar-refractivity contribution in [1.82, 2.24) is 0 Å². The van der Waals surface area contributed by atoms with Crippen LogP contribution in [0.15, 0.2) is 24.3 Å². The third kappa shape index (κ3) is 2.34. The lowest BCUT2D eigenvalue weighted by Gasteiger charge is -2.39. The number of para-hydroxylation sites is 2. The van der Waals surface area contributed by atoms with E-state index in [2.05, 4.69) is 5.32 Å². The maximum absolute atomic E-state index is 12.3. The summed E-state index contributed by atoms with van der Waals surface area (Å²) in [6.07, 6.45) is 0.787. The van der Waals surface area contributed by atoms with Crippen molar-refractivity contribution >= 4 is 11.6 Å². The number of benzene rings is 1. The van der Waals surface area contributed by atoms with E-state index < -0.39 is 0 Å². The Kier molecular flexibility index (Phi) is 3.87. The zero-order valence-electron chi connectivity index (χ0n) is 10.9. The first kappa shape index (κ1) is 12.9. The van der Waals surface area contributed by atoms with Gasteiger partial charge in [-0.2, -0.15) is 0 Å². The normalized spacial score (nSPS) is 16.8. The zero-order valence-corrected chi connectivity index (χ0v) is 10.9. The summed E-state index contributed by atoms with van der Waals surface area (Å²) in [6.45, 7) is 5.52. The standard InChI is InChI=1S/C14H19NO3/c1-3-14(9-17-10-14)13(16)15-11-7-5-6-8-12(11)18-4-2/h5-8H,3-4,9-10H2,1-2H3,(H,15,16). The first-order valence-corrected chi connectivity index (χ1v) is 6.33. The minimum atomic E-state index is -0.362. The lowest BCUT2D eigenvalue weighted by Crippen LogP contribution is -2.51. The Balaban J connectivity index is 2.11. The highest BCUT2D eigenvalue weighted by Gasteiger charge is 2.44. The van der Waals surface area contributed by atoms with Gasteiger partial charge in [0.25, 0.3) is 0 Å². The zero-order chi connectivity index (χ0) is 13.0. The lowest BCUT2D eigenvalue weighted by atomic mass is 9.82. The van der Waals surface area contributed by atoms with Crippen LogP contribution >= 0.6 is 0 Å². The summed E-state index contributed by atoms with van der Waals surface area (Å²) < 4.78 is 10.7. The largest absolute Gasteiger partial charge is 0.492 e. The summed E-state index contributed by atoms with van der Waals surface area (Å²) >= 11 is 0. The summed E-state index contributed by atoms with van der Waals surface area (Å²) in [6, 6.07) is 7.48. The molecule has 1 aliphatic rings. The van der Waals surface area contributed by atoms with Gasteiger partial charge in [0.05, 0.1) is 30.9 Å². The minimum absolute atomic E-state index is 0.0170. The molecule has 1 amide bonds. The van der Waals surface area contributed by atoms with Crippen molar-refractivity contribution in [2.75, 3.05) is 25.1 Å². The highest BCUT2D eigenvalue weighted by molar-refractivity contribution is 5.97. The first-order valence-electron chi connectivity index (χ1n) is 6.33. The SMILES string of the molecule is CCOc1ccccc1NC(=O)C1(CC)COC1. The van der Waals surface area contributed by atoms with Gasteiger partial charge in [0.15, 0.2) is 0 Å². The number of amides is 1. The lowest BCUT2D eigenvalue weighted by molar-refractivity contribution is -0.156. The van der Waals surface area contributed by atoms with Gasteiger partial charge in [-0.1, -0.05) is 19.1 Å². The van der Waals surface area contributed by atoms with Crippen molar-refractivity contribution in [2.45, 2.75) is 20.3 Å². The molecule has 0 radical (unpaired) electrons. The molecule has 0 spiro atoms. The van der Waals surface area contributed by atoms with Gasteiger partial charge in [0, 0.05) is 0 Å². The highest BCUT2D eigenvalue weighted by Crippen LogP contribution is 2.34. The van der Waals surface area contributed by atoms with Crippen LogP contribution in [0.4, 0.5) is 5.69 Å². The summed E-state index contributed by atoms with van der Waals surface area (Å²) in [7, 11) is 0. The van der Waals surface area contributed by atoms with Gasteiger partial charge in [-0.25, -0.2) is 0 Å². The van der Waals surface area contributed by atoms with E-state index in [1.165, 1.54) is 0 Å². The van der Waals surface area contributed by atoms with Crippen LogP contribution in [0.3, 0.4) is 0 Å². The van der Waals surface area contributed by atoms with E-state index in [0.717, 1.165) is 12.1 Å². The highest BCUT2D eigenvalue weighted by atomic mass is 16.5. The molecule has 0 saturated carbocycles. The fraction of sp³-hybridized carbons (Fsp3) is 0.500. The Hall–Kier alpha value is -1.55. The Labute approximate surface area is 107 Å². The molecule has 0 atom stereocenters. The van der Waals surface area contributed by atoms with Crippen molar-refractivity contribution < 1.29 is 14.3 Å². The number of carbonyl (C=O) groups excluding carboxylic acids is 1. The van der Waals surface area contributed by atoms with Gasteiger partial charge < -0.3 is 14.8 Å². The van der Waals surface area contributed by atoms with Crippen LogP contribution in [0.5, 0.6) is 5.75 Å². The van der Waals surface area contributed by atoms with Gasteiger partial charge in [0.2, 0.25) is 5.91 Å². The second-order valence-electron chi connectivity index (χ2n) is 4.51. The van der Waals surface area contributed by atoms with Gasteiger partial charge in [-0.05, 0) is 25.5 Å². The first-order chi connectivity index (χ1) is 8.72. The molecule has 0 aliphatic carbocycles. The molecule has 1 aliphatic heterocycles. The molecular formula is C14H19NO3. The second kappa shape index (κ2) is 5.40. The molecule has 0 bridgehead atoms. The van der Waals surface area contributed by atoms with Crippen LogP contribution in [0.2, 0.25) is 0 Å². The molecule has 18 heavy (non-hydrogen) atoms. The third-order valence-electron chi connectivity index (χ3n) is 3.35. The predicted octanol–water partition coefficient (Wildman–Crippen LogP) is 2.45. The molecule has 0 unspecified atom stereocenters. The quantitative estimate of drug-likeness (QED) is 0.872. The van der Waals surface area contributed by atoms with E-state index in [-0.39, 0.29) is 11.3 Å². The van der Waals surface area contributed by atoms with Gasteiger partial charge in [-0.3, -0.25) is 4.79 Å². The van der Waals surface area contributed by atoms with Crippen molar-refractivity contribution in [3.8, 4) is 5.75 Å². The number of carbonyl (C=O) groups is 1. The van der Waals surface area contributed by atoms with Crippen LogP contribution in [-0.2, 0) is 9.53 Å². The predicted molar refractivity (Wildman–Crippen MR) is 69.8 cm³/mol. The fourth-order valence-electron chi connectivity index (χ4n) is 1.95. The summed E-state index contributed by atoms with van der Waals surface area (Å²) in [4.78, 5) is 12.3. The molecule has 1 aromatic carbocycles. The molecule has 1 saturated heterocycles. The van der Waals surface area contributed by atoms with E-state index in [1.54, 1.807) is 0 Å². The number of ether oxygens (including phenoxy) is 2. The molecule has 98 valence electrons. The van der Waals surface area contributed by atoms with Crippen molar-refractivity contribution in [3.63, 3.8) is 0 Å². The molecule has 1 fully saturated rings. The average molecular weight is 249 g/mol. The average Bonchev–Trinajstić information content (AvgIpc) is 2.31. The van der Waals surface area contributed by atoms with Gasteiger partial charge in [0.1, 0.15) is 5.75 Å². The number of hydrogen-bond donors (Lipinski definition) is 1. The smallest absolute Gasteiger partial charge is 0.235 e. The third-order valence-corrected chi connectivity index (χ3v) is 3.35. The molecule has 4 nitrogen and oxygen atoms in total. The van der Waals surface area contributed by atoms with E-state index in [9.17, 15) is 4.79 Å². The molecule has 1 aromatic rings. The van der Waals surface area contributed by atoms with E-state index in [1.807, 2.05) is 38.1 Å². The Bertz CT molecular complexity index is 421. The van der Waals surface area contributed by atoms with Crippen molar-refractivity contribution in [1.29, 1.82) is 0 Å². The number of anilines is 1. The monoisotopic (exact) mass is 249 g/mol. The maximum Gasteiger partial charge on any atom is 0.235 e. The fourth-order valence-corrected chi connectivity index (χ4v) is 1.95. The van der Waals surface area contributed by atoms with Crippen LogP contribution in [0.25, 0.3) is 0 Å². The van der Waals surface area contributed by atoms with Crippen LogP contribution < -0.4 is 10.1 Å². The van der Waals surface area contributed by atoms with E-state index in [0.29, 0.717) is 25.6 Å². The molecule has 1 heterocycles. The molecule has 0 aromatic heterocycles. The van der Waals surface area contributed by atoms with E-state index in [4.69, 9.17) is 9.47 Å². The van der Waals surface area contributed by atoms with Crippen LogP contribution in [0.1, 0.15) is 20.3 Å². The maximum atomic E-state index is 12.3. The Morgan fingerprint density at radius 2 is 2.11 bits per heavy atom. The van der Waals surface area contributed by atoms with Crippen LogP contribution in [0, 0.1) is 5.41 Å². The molecule has 2 rings (SSSR count). The Morgan fingerprint density at radius 1 is 1.39 bits per heavy atom. The van der Waals surface area contributed by atoms with Gasteiger partial charge in [-0.15, -0.1) is 0 Å². The topological polar surface area (TPSA) is 47.6 Å². The summed E-state index contributed by atoms with van der Waals surface area (Å²) in [5, 5.41) is 2.95. The van der Waals surface area contributed by atoms with Crippen molar-refractivity contribution in [2.24, 2.45) is 5.41 Å². The molecular weight excluding hydrogens is 230 g/mol. The van der Waals surface area contributed by atoms with Gasteiger partial charge >= 0.3 is 0 Å². The molecule has 4 heteroatoms. The second-order valence-corrected chi connectivity index (χ2v) is 4.51. The van der Waals surface area contributed by atoms with Crippen molar-refractivity contribution in [3.05, 3.63) is 24.3 Å². The number of hydrogen-bond acceptors (Lipinski definition) is 3.